The van der Waals surface area contributed by atoms with E-state index in [-0.39, 0.29) is 11.9 Å². The predicted octanol–water partition coefficient (Wildman–Crippen LogP) is -0.375. The molecule has 0 amide bonds. The van der Waals surface area contributed by atoms with Gasteiger partial charge in [0.25, 0.3) is 0 Å². The lowest BCUT2D eigenvalue weighted by Crippen LogP contribution is -2.23. The van der Waals surface area contributed by atoms with Gasteiger partial charge in [-0.05, 0) is 12.8 Å². The maximum absolute atomic E-state index is 10.9. The lowest BCUT2D eigenvalue weighted by molar-refractivity contribution is -0.00425. The number of hydrogen-bond acceptors (Lipinski definition) is 7. The standard InChI is InChI=1S/C11H16N5O5P/c12-10-9-11(14-3-13-10)16(4-15-9)6-1-7(17)8(2-6)21-5-22(18,19)20/h3-4,6-8,17H,1-2,5H2,(H2,12,13,14)(H2,18,19,20)/t6-,7-,8-/m0/s1. The van der Waals surface area contributed by atoms with Crippen molar-refractivity contribution in [3.63, 3.8) is 0 Å². The Morgan fingerprint density at radius 2 is 2.14 bits per heavy atom. The molecule has 11 heteroatoms. The maximum Gasteiger partial charge on any atom is 0.350 e. The molecule has 10 nitrogen and oxygen atoms in total. The SMILES string of the molecule is Nc1ncnc2c1ncn2[C@@H]1C[C@H](OCP(=O)(O)O)[C@@H](O)C1. The van der Waals surface area contributed by atoms with Crippen LogP contribution in [0.2, 0.25) is 0 Å². The number of nitrogens with two attached hydrogens (primary N) is 1. The van der Waals surface area contributed by atoms with Gasteiger partial charge in [-0.15, -0.1) is 0 Å². The number of ether oxygens (including phenoxy) is 1. The van der Waals surface area contributed by atoms with Gasteiger partial charge in [0, 0.05) is 6.04 Å². The van der Waals surface area contributed by atoms with Crippen LogP contribution in [-0.2, 0) is 9.30 Å². The molecule has 120 valence electrons. The fraction of sp³-hybridized carbons (Fsp3) is 0.545. The molecule has 1 saturated carbocycles. The molecule has 0 saturated heterocycles. The second kappa shape index (κ2) is 5.56. The zero-order chi connectivity index (χ0) is 15.9. The summed E-state index contributed by atoms with van der Waals surface area (Å²) in [6.07, 6.45) is 1.52. The van der Waals surface area contributed by atoms with E-state index in [9.17, 15) is 9.67 Å². The summed E-state index contributed by atoms with van der Waals surface area (Å²) in [4.78, 5) is 29.9. The van der Waals surface area contributed by atoms with Crippen LogP contribution in [0.25, 0.3) is 11.2 Å². The van der Waals surface area contributed by atoms with E-state index < -0.39 is 26.2 Å². The fourth-order valence-electron chi connectivity index (χ4n) is 2.69. The summed E-state index contributed by atoms with van der Waals surface area (Å²) in [6.45, 7) is 0. The molecule has 5 N–H and O–H groups in total. The van der Waals surface area contributed by atoms with Crippen LogP contribution in [-0.4, -0.2) is 53.0 Å². The molecule has 2 heterocycles. The van der Waals surface area contributed by atoms with Gasteiger partial charge in [-0.2, -0.15) is 0 Å². The minimum atomic E-state index is -4.26. The van der Waals surface area contributed by atoms with Crippen LogP contribution in [0.5, 0.6) is 0 Å². The van der Waals surface area contributed by atoms with E-state index in [1.165, 1.54) is 6.33 Å². The van der Waals surface area contributed by atoms with Gasteiger partial charge in [0.2, 0.25) is 0 Å². The Labute approximate surface area is 125 Å². The summed E-state index contributed by atoms with van der Waals surface area (Å²) in [5.74, 6) is 0.275. The quantitative estimate of drug-likeness (QED) is 0.549. The lowest BCUT2D eigenvalue weighted by atomic mass is 10.2. The minimum Gasteiger partial charge on any atom is -0.390 e. The summed E-state index contributed by atoms with van der Waals surface area (Å²) >= 11 is 0. The molecule has 0 bridgehead atoms. The molecule has 22 heavy (non-hydrogen) atoms. The number of rotatable bonds is 4. The van der Waals surface area contributed by atoms with Crippen molar-refractivity contribution in [3.8, 4) is 0 Å². The van der Waals surface area contributed by atoms with Gasteiger partial charge in [0.1, 0.15) is 18.2 Å². The molecular weight excluding hydrogens is 313 g/mol. The predicted molar refractivity (Wildman–Crippen MR) is 75.8 cm³/mol. The van der Waals surface area contributed by atoms with Gasteiger partial charge in [-0.25, -0.2) is 15.0 Å². The first kappa shape index (κ1) is 15.3. The smallest absolute Gasteiger partial charge is 0.350 e. The highest BCUT2D eigenvalue weighted by molar-refractivity contribution is 7.51. The van der Waals surface area contributed by atoms with E-state index in [1.807, 2.05) is 0 Å². The zero-order valence-electron chi connectivity index (χ0n) is 11.5. The summed E-state index contributed by atoms with van der Waals surface area (Å²) < 4.78 is 17.8. The Balaban J connectivity index is 1.78. The molecule has 0 aliphatic heterocycles. The minimum absolute atomic E-state index is 0.143. The van der Waals surface area contributed by atoms with E-state index in [0.717, 1.165) is 0 Å². The van der Waals surface area contributed by atoms with Crippen LogP contribution < -0.4 is 5.73 Å². The number of nitrogens with zero attached hydrogens (tertiary/aromatic N) is 4. The van der Waals surface area contributed by atoms with Crippen molar-refractivity contribution in [3.05, 3.63) is 12.7 Å². The van der Waals surface area contributed by atoms with Crippen molar-refractivity contribution < 1.29 is 24.2 Å². The van der Waals surface area contributed by atoms with Gasteiger partial charge in [0.15, 0.2) is 11.5 Å². The molecular formula is C11H16N5O5P. The summed E-state index contributed by atoms with van der Waals surface area (Å²) in [7, 11) is -4.26. The Morgan fingerprint density at radius 3 is 2.86 bits per heavy atom. The first-order valence-electron chi connectivity index (χ1n) is 6.62. The second-order valence-corrected chi connectivity index (χ2v) is 6.86. The van der Waals surface area contributed by atoms with Crippen LogP contribution in [0.4, 0.5) is 5.82 Å². The number of aliphatic hydroxyl groups is 1. The van der Waals surface area contributed by atoms with E-state index in [1.54, 1.807) is 10.9 Å². The average Bonchev–Trinajstić information content (AvgIpc) is 3.00. The molecule has 3 rings (SSSR count). The molecule has 0 radical (unpaired) electrons. The van der Waals surface area contributed by atoms with Crippen LogP contribution in [0.3, 0.4) is 0 Å². The molecule has 0 spiro atoms. The van der Waals surface area contributed by atoms with Crippen molar-refractivity contribution in [2.75, 3.05) is 12.1 Å². The van der Waals surface area contributed by atoms with Crippen LogP contribution in [0.1, 0.15) is 18.9 Å². The third-order valence-electron chi connectivity index (χ3n) is 3.68. The highest BCUT2D eigenvalue weighted by atomic mass is 31.2. The number of hydrogen-bond donors (Lipinski definition) is 4. The van der Waals surface area contributed by atoms with E-state index in [4.69, 9.17) is 20.3 Å². The number of anilines is 1. The fourth-order valence-corrected chi connectivity index (χ4v) is 3.07. The van der Waals surface area contributed by atoms with Gasteiger partial charge < -0.3 is 29.9 Å². The number of aliphatic hydroxyl groups excluding tert-OH is 1. The largest absolute Gasteiger partial charge is 0.390 e. The average molecular weight is 329 g/mol. The van der Waals surface area contributed by atoms with Crippen molar-refractivity contribution in [1.29, 1.82) is 0 Å². The van der Waals surface area contributed by atoms with Crippen LogP contribution >= 0.6 is 7.60 Å². The van der Waals surface area contributed by atoms with Crippen molar-refractivity contribution in [1.82, 2.24) is 19.5 Å². The molecule has 0 unspecified atom stereocenters. The summed E-state index contributed by atoms with van der Waals surface area (Å²) in [5, 5.41) is 10.0. The molecule has 2 aromatic heterocycles. The van der Waals surface area contributed by atoms with E-state index >= 15 is 0 Å². The number of imidazole rings is 1. The molecule has 1 aliphatic carbocycles. The highest BCUT2D eigenvalue weighted by Crippen LogP contribution is 2.39. The van der Waals surface area contributed by atoms with Crippen molar-refractivity contribution >= 4 is 24.6 Å². The maximum atomic E-state index is 10.9. The molecule has 0 aromatic carbocycles. The molecule has 1 aliphatic rings. The molecule has 3 atom stereocenters. The Morgan fingerprint density at radius 1 is 1.36 bits per heavy atom. The topological polar surface area (TPSA) is 157 Å². The third kappa shape index (κ3) is 2.96. The van der Waals surface area contributed by atoms with Crippen molar-refractivity contribution in [2.45, 2.75) is 31.1 Å². The summed E-state index contributed by atoms with van der Waals surface area (Å²) in [6, 6.07) is -0.143. The van der Waals surface area contributed by atoms with Crippen molar-refractivity contribution in [2.24, 2.45) is 0 Å². The van der Waals surface area contributed by atoms with Crippen LogP contribution in [0.15, 0.2) is 12.7 Å². The normalized spacial score (nSPS) is 25.9. The summed E-state index contributed by atoms with van der Waals surface area (Å²) in [5.41, 5.74) is 6.77. The Bertz CT molecular complexity index is 731. The van der Waals surface area contributed by atoms with Gasteiger partial charge in [-0.3, -0.25) is 4.57 Å². The molecule has 2 aromatic rings. The third-order valence-corrected chi connectivity index (χ3v) is 4.17. The monoisotopic (exact) mass is 329 g/mol. The van der Waals surface area contributed by atoms with E-state index in [2.05, 4.69) is 15.0 Å². The lowest BCUT2D eigenvalue weighted by Gasteiger charge is -2.15. The Kier molecular flexibility index (Phi) is 3.87. The first-order chi connectivity index (χ1) is 10.3. The van der Waals surface area contributed by atoms with Gasteiger partial charge >= 0.3 is 7.60 Å². The Hall–Kier alpha value is -1.58. The zero-order valence-corrected chi connectivity index (χ0v) is 12.4. The number of fused-ring (bicyclic) bond motifs is 1. The first-order valence-corrected chi connectivity index (χ1v) is 8.42. The van der Waals surface area contributed by atoms with Crippen LogP contribution in [0, 0.1) is 0 Å². The number of nitrogen functional groups attached to an aromatic ring is 1. The van der Waals surface area contributed by atoms with Gasteiger partial charge in [0.05, 0.1) is 18.5 Å². The van der Waals surface area contributed by atoms with E-state index in [0.29, 0.717) is 24.0 Å². The number of aromatic nitrogens is 4. The van der Waals surface area contributed by atoms with Gasteiger partial charge in [-0.1, -0.05) is 0 Å². The second-order valence-electron chi connectivity index (χ2n) is 5.27. The highest BCUT2D eigenvalue weighted by Gasteiger charge is 2.36. The molecule has 1 fully saturated rings.